The van der Waals surface area contributed by atoms with Crippen molar-refractivity contribution in [3.63, 3.8) is 0 Å². The van der Waals surface area contributed by atoms with Gasteiger partial charge in [0.1, 0.15) is 0 Å². The van der Waals surface area contributed by atoms with Crippen LogP contribution in [0.15, 0.2) is 0 Å². The Balaban J connectivity index is 0. The first-order valence-corrected chi connectivity index (χ1v) is 0. The Morgan fingerprint density at radius 3 is 0.400 bits per heavy atom. The monoisotopic (exact) mass is 587 g/mol. The third kappa shape index (κ3) is 18.6. The molecule has 5 heteroatoms. The van der Waals surface area contributed by atoms with E-state index in [1.54, 1.807) is 0 Å². The molecule has 0 aromatic heterocycles. The summed E-state index contributed by atoms with van der Waals surface area (Å²) in [6.45, 7) is 0. The molecule has 0 aliphatic rings. The van der Waals surface area contributed by atoms with E-state index in [0.717, 1.165) is 0 Å². The van der Waals surface area contributed by atoms with Crippen LogP contribution >= 0.6 is 95.9 Å². The van der Waals surface area contributed by atoms with E-state index in [1.807, 2.05) is 0 Å². The Hall–Kier alpha value is 3.48. The van der Waals surface area contributed by atoms with Gasteiger partial charge in [0, 0.05) is 18.0 Å². The van der Waals surface area contributed by atoms with Crippen molar-refractivity contribution < 1.29 is 0 Å². The van der Waals surface area contributed by atoms with Gasteiger partial charge >= 0.3 is 0 Å². The molecule has 0 aliphatic heterocycles. The molecule has 0 atom stereocenters. The zero-order valence-electron chi connectivity index (χ0n) is 2.08. The zero-order valence-corrected chi connectivity index (χ0v) is 13.3. The maximum Gasteiger partial charge on any atom is 0 e. The van der Waals surface area contributed by atoms with Crippen molar-refractivity contribution in [1.82, 2.24) is 0 Å². The summed E-state index contributed by atoms with van der Waals surface area (Å²) < 4.78 is 0. The Kier molecular flexibility index (Phi) is 203. The smallest absolute Gasteiger partial charge is 0 e. The van der Waals surface area contributed by atoms with E-state index in [4.69, 9.17) is 0 Å². The van der Waals surface area contributed by atoms with Crippen LogP contribution in [0.3, 0.4) is 0 Å². The normalized spacial score (nSPS) is 0. The van der Waals surface area contributed by atoms with Gasteiger partial charge in [0.2, 0.25) is 0 Å². The topological polar surface area (TPSA) is 0 Å². The van der Waals surface area contributed by atoms with Crippen LogP contribution in [-0.2, 0) is 0 Å². The summed E-state index contributed by atoms with van der Waals surface area (Å²) in [4.78, 5) is 0. The fourth-order valence-electron chi connectivity index (χ4n) is 0. The van der Waals surface area contributed by atoms with Crippen LogP contribution in [0.2, 0.25) is 0 Å². The third-order valence-electron chi connectivity index (χ3n) is 0. The first-order valence-electron chi connectivity index (χ1n) is 0. The van der Waals surface area contributed by atoms with Gasteiger partial charge in [0.05, 0.1) is 0 Å². The summed E-state index contributed by atoms with van der Waals surface area (Å²) in [7, 11) is 0. The summed E-state index contributed by atoms with van der Waals surface area (Å²) in [6, 6.07) is 0. The van der Waals surface area contributed by atoms with Crippen LogP contribution in [0.1, 0.15) is 0 Å². The van der Waals surface area contributed by atoms with E-state index in [0.29, 0.717) is 0 Å². The van der Waals surface area contributed by atoms with Crippen molar-refractivity contribution in [2.24, 2.45) is 0 Å². The molecule has 0 nitrogen and oxygen atoms in total. The minimum absolute atomic E-state index is 0. The van der Waals surface area contributed by atoms with Gasteiger partial charge in [0.15, 0.2) is 0 Å². The Labute approximate surface area is 111 Å². The predicted molar refractivity (Wildman–Crippen MR) is 67.4 cm³/mol. The van der Waals surface area contributed by atoms with Crippen LogP contribution in [0.25, 0.3) is 0 Å². The number of hydrogen-bond donors (Lipinski definition) is 0. The van der Waals surface area contributed by atoms with E-state index in [2.05, 4.69) is 0 Å². The molecule has 0 rings (SSSR count). The molecule has 0 amide bonds. The van der Waals surface area contributed by atoms with Crippen molar-refractivity contribution >= 4 is 114 Å². The second kappa shape index (κ2) is 25.9. The molecule has 0 aromatic carbocycles. The van der Waals surface area contributed by atoms with E-state index in [1.165, 1.54) is 0 Å². The van der Waals surface area contributed by atoms with Crippen molar-refractivity contribution in [2.45, 2.75) is 0 Å². The second-order valence-electron chi connectivity index (χ2n) is 0. The van der Waals surface area contributed by atoms with Crippen LogP contribution in [-0.4, -0.2) is 18.0 Å². The molecule has 0 unspecified atom stereocenters. The van der Waals surface area contributed by atoms with Gasteiger partial charge in [-0.2, -0.15) is 0 Å². The summed E-state index contributed by atoms with van der Waals surface area (Å²) in [5.41, 5.74) is 0. The van der Waals surface area contributed by atoms with Crippen LogP contribution < -0.4 is 0 Å². The van der Waals surface area contributed by atoms with Gasteiger partial charge < -0.3 is 0 Å². The van der Waals surface area contributed by atoms with Crippen molar-refractivity contribution in [3.05, 3.63) is 0 Å². The number of halogens is 4. The van der Waals surface area contributed by atoms with Crippen molar-refractivity contribution in [3.8, 4) is 0 Å². The molecule has 5 heavy (non-hydrogen) atoms. The standard InChI is InChI=1S/As.4HI/h;4*1H. The minimum Gasteiger partial charge on any atom is -0.107 e. The van der Waals surface area contributed by atoms with E-state index >= 15 is 0 Å². The fraction of sp³-hybridized carbons (Fsp3) is 0. The quantitative estimate of drug-likeness (QED) is 0.302. The van der Waals surface area contributed by atoms with Crippen LogP contribution in [0.5, 0.6) is 0 Å². The molecular weight excluding hydrogens is 583 g/mol. The predicted octanol–water partition coefficient (Wildman–Crippen LogP) is 2.09. The summed E-state index contributed by atoms with van der Waals surface area (Å²) in [5.74, 6) is 0. The van der Waals surface area contributed by atoms with E-state index in [9.17, 15) is 0 Å². The molecule has 0 aliphatic carbocycles. The molecule has 37 valence electrons. The molecule has 0 bridgehead atoms. The van der Waals surface area contributed by atoms with Crippen molar-refractivity contribution in [2.75, 3.05) is 0 Å². The van der Waals surface area contributed by atoms with Gasteiger partial charge in [-0.05, 0) is 0 Å². The molecule has 0 aromatic rings. The Morgan fingerprint density at radius 1 is 0.400 bits per heavy atom. The zero-order chi connectivity index (χ0) is 0. The average molecular weight is 587 g/mol. The average Bonchev–Trinajstić information content (AvgIpc) is 0. The van der Waals surface area contributed by atoms with Gasteiger partial charge in [-0.3, -0.25) is 0 Å². The summed E-state index contributed by atoms with van der Waals surface area (Å²) in [5, 5.41) is 0. The third-order valence-corrected chi connectivity index (χ3v) is 0. The van der Waals surface area contributed by atoms with Gasteiger partial charge in [0.25, 0.3) is 0 Å². The molecule has 3 radical (unpaired) electrons. The SMILES string of the molecule is I.I.I.I.[As]. The minimum atomic E-state index is 0. The Bertz CT molecular complexity index is 3.61. The van der Waals surface area contributed by atoms with Crippen molar-refractivity contribution in [1.29, 1.82) is 0 Å². The second-order valence-corrected chi connectivity index (χ2v) is 0. The fourth-order valence-corrected chi connectivity index (χ4v) is 0. The first-order chi connectivity index (χ1) is 0. The molecular formula is H4AsI4. The maximum atomic E-state index is 0. The number of rotatable bonds is 0. The van der Waals surface area contributed by atoms with E-state index < -0.39 is 0 Å². The van der Waals surface area contributed by atoms with E-state index in [-0.39, 0.29) is 114 Å². The molecule has 0 spiro atoms. The molecule has 0 saturated carbocycles. The molecule has 0 heterocycles. The number of hydrogen-bond acceptors (Lipinski definition) is 0. The summed E-state index contributed by atoms with van der Waals surface area (Å²) >= 11 is 0. The van der Waals surface area contributed by atoms with Gasteiger partial charge in [-0.25, -0.2) is 0 Å². The van der Waals surface area contributed by atoms with Gasteiger partial charge in [-0.15, -0.1) is 95.9 Å². The first kappa shape index (κ1) is 39.2. The Morgan fingerprint density at radius 2 is 0.400 bits per heavy atom. The van der Waals surface area contributed by atoms with Crippen LogP contribution in [0, 0.1) is 0 Å². The maximum absolute atomic E-state index is 0. The largest absolute Gasteiger partial charge is 0.107 e. The molecule has 0 N–H and O–H groups in total. The summed E-state index contributed by atoms with van der Waals surface area (Å²) in [6.07, 6.45) is 0. The molecule has 0 fully saturated rings. The van der Waals surface area contributed by atoms with Crippen LogP contribution in [0.4, 0.5) is 0 Å². The van der Waals surface area contributed by atoms with Gasteiger partial charge in [-0.1, -0.05) is 0 Å². The molecule has 0 saturated heterocycles.